The Morgan fingerprint density at radius 3 is 2.89 bits per heavy atom. The van der Waals surface area contributed by atoms with Crippen molar-refractivity contribution in [2.75, 3.05) is 6.26 Å². The van der Waals surface area contributed by atoms with Crippen LogP contribution >= 0.6 is 23.1 Å². The topological polar surface area (TPSA) is 12.9 Å². The first-order valence-electron chi connectivity index (χ1n) is 5.78. The third kappa shape index (κ3) is 2.04. The number of nitrogens with zero attached hydrogens (tertiary/aromatic N) is 1. The Balaban J connectivity index is 2.26. The zero-order chi connectivity index (χ0) is 12.5. The standard InChI is InChI=1S/C15H13NS2/c1-10(17-2)9-14-16-15-12-6-4-3-5-11(12)7-8-13(15)18-14/h3-9H,1-2H3/b10-9-. The maximum absolute atomic E-state index is 4.76. The summed E-state index contributed by atoms with van der Waals surface area (Å²) in [5.41, 5.74) is 1.12. The first kappa shape index (κ1) is 11.8. The van der Waals surface area contributed by atoms with Gasteiger partial charge in [0.05, 0.1) is 10.2 Å². The van der Waals surface area contributed by atoms with Crippen LogP contribution in [-0.2, 0) is 0 Å². The van der Waals surface area contributed by atoms with Crippen LogP contribution in [0.4, 0.5) is 0 Å². The molecule has 18 heavy (non-hydrogen) atoms. The molecule has 0 N–H and O–H groups in total. The van der Waals surface area contributed by atoms with E-state index in [4.69, 9.17) is 4.98 Å². The molecule has 0 spiro atoms. The van der Waals surface area contributed by atoms with Crippen LogP contribution < -0.4 is 0 Å². The number of thiazole rings is 1. The van der Waals surface area contributed by atoms with Crippen molar-refractivity contribution in [2.24, 2.45) is 0 Å². The molecule has 0 saturated carbocycles. The highest BCUT2D eigenvalue weighted by atomic mass is 32.2. The van der Waals surface area contributed by atoms with Crippen LogP contribution in [0.5, 0.6) is 0 Å². The molecule has 2 aromatic carbocycles. The Morgan fingerprint density at radius 1 is 1.22 bits per heavy atom. The second-order valence-corrected chi connectivity index (χ2v) is 6.26. The van der Waals surface area contributed by atoms with E-state index in [1.165, 1.54) is 20.4 Å². The molecule has 0 saturated heterocycles. The van der Waals surface area contributed by atoms with Crippen molar-refractivity contribution >= 4 is 50.2 Å². The molecule has 3 heteroatoms. The summed E-state index contributed by atoms with van der Waals surface area (Å²) >= 11 is 3.52. The van der Waals surface area contributed by atoms with Gasteiger partial charge in [-0.05, 0) is 35.6 Å². The average molecular weight is 271 g/mol. The van der Waals surface area contributed by atoms with E-state index < -0.39 is 0 Å². The molecule has 0 aliphatic carbocycles. The molecule has 1 aromatic heterocycles. The SMILES string of the molecule is CS/C(C)=C\c1nc2c(ccc3ccccc32)s1. The van der Waals surface area contributed by atoms with Gasteiger partial charge in [0.1, 0.15) is 5.01 Å². The van der Waals surface area contributed by atoms with Crippen LogP contribution in [0.1, 0.15) is 11.9 Å². The number of hydrogen-bond acceptors (Lipinski definition) is 3. The molecule has 1 heterocycles. The van der Waals surface area contributed by atoms with E-state index in [0.29, 0.717) is 0 Å². The highest BCUT2D eigenvalue weighted by molar-refractivity contribution is 8.02. The highest BCUT2D eigenvalue weighted by Crippen LogP contribution is 2.30. The Labute approximate surface area is 115 Å². The lowest BCUT2D eigenvalue weighted by Gasteiger charge is -1.96. The predicted molar refractivity (Wildman–Crippen MR) is 84.3 cm³/mol. The molecule has 3 aromatic rings. The van der Waals surface area contributed by atoms with E-state index in [1.54, 1.807) is 23.1 Å². The van der Waals surface area contributed by atoms with Crippen molar-refractivity contribution in [1.29, 1.82) is 0 Å². The molecule has 0 unspecified atom stereocenters. The van der Waals surface area contributed by atoms with Gasteiger partial charge in [0, 0.05) is 5.39 Å². The molecule has 0 radical (unpaired) electrons. The monoisotopic (exact) mass is 271 g/mol. The van der Waals surface area contributed by atoms with Crippen molar-refractivity contribution in [2.45, 2.75) is 6.92 Å². The second kappa shape index (κ2) is 4.75. The van der Waals surface area contributed by atoms with E-state index in [0.717, 1.165) is 10.5 Å². The van der Waals surface area contributed by atoms with Gasteiger partial charge in [-0.25, -0.2) is 4.98 Å². The van der Waals surface area contributed by atoms with Gasteiger partial charge >= 0.3 is 0 Å². The summed E-state index contributed by atoms with van der Waals surface area (Å²) in [7, 11) is 0. The van der Waals surface area contributed by atoms with E-state index >= 15 is 0 Å². The fourth-order valence-corrected chi connectivity index (χ4v) is 3.26. The minimum atomic E-state index is 1.09. The molecule has 0 bridgehead atoms. The molecular weight excluding hydrogens is 258 g/mol. The van der Waals surface area contributed by atoms with E-state index in [9.17, 15) is 0 Å². The van der Waals surface area contributed by atoms with Crippen molar-refractivity contribution in [3.63, 3.8) is 0 Å². The van der Waals surface area contributed by atoms with Crippen molar-refractivity contribution in [3.8, 4) is 0 Å². The Morgan fingerprint density at radius 2 is 2.06 bits per heavy atom. The van der Waals surface area contributed by atoms with E-state index in [2.05, 4.69) is 55.7 Å². The predicted octanol–water partition coefficient (Wildman–Crippen LogP) is 5.17. The Kier molecular flexibility index (Phi) is 3.10. The average Bonchev–Trinajstić information content (AvgIpc) is 2.81. The van der Waals surface area contributed by atoms with Crippen molar-refractivity contribution in [1.82, 2.24) is 4.98 Å². The van der Waals surface area contributed by atoms with Crippen LogP contribution in [-0.4, -0.2) is 11.2 Å². The summed E-state index contributed by atoms with van der Waals surface area (Å²) in [6, 6.07) is 12.8. The summed E-state index contributed by atoms with van der Waals surface area (Å²) < 4.78 is 1.26. The molecule has 0 fully saturated rings. The fraction of sp³-hybridized carbons (Fsp3) is 0.133. The van der Waals surface area contributed by atoms with Gasteiger partial charge in [-0.15, -0.1) is 23.1 Å². The number of thioether (sulfide) groups is 1. The Hall–Kier alpha value is -1.32. The molecule has 0 atom stereocenters. The van der Waals surface area contributed by atoms with Crippen molar-refractivity contribution < 1.29 is 0 Å². The van der Waals surface area contributed by atoms with Crippen molar-refractivity contribution in [3.05, 3.63) is 46.3 Å². The highest BCUT2D eigenvalue weighted by Gasteiger charge is 2.05. The zero-order valence-corrected chi connectivity index (χ0v) is 11.9. The third-order valence-corrected chi connectivity index (χ3v) is 4.68. The fourth-order valence-electron chi connectivity index (χ4n) is 1.97. The molecular formula is C15H13NS2. The summed E-state index contributed by atoms with van der Waals surface area (Å²) in [6.07, 6.45) is 4.25. The number of benzene rings is 2. The van der Waals surface area contributed by atoms with Crippen LogP contribution in [0.25, 0.3) is 27.1 Å². The van der Waals surface area contributed by atoms with Crippen LogP contribution in [0.3, 0.4) is 0 Å². The lowest BCUT2D eigenvalue weighted by atomic mass is 10.1. The van der Waals surface area contributed by atoms with Crippen LogP contribution in [0.2, 0.25) is 0 Å². The number of fused-ring (bicyclic) bond motifs is 3. The molecule has 3 rings (SSSR count). The summed E-state index contributed by atoms with van der Waals surface area (Å²) in [5.74, 6) is 0. The van der Waals surface area contributed by atoms with Gasteiger partial charge in [0.2, 0.25) is 0 Å². The number of hydrogen-bond donors (Lipinski definition) is 0. The van der Waals surface area contributed by atoms with Gasteiger partial charge in [-0.1, -0.05) is 30.3 Å². The molecule has 90 valence electrons. The molecule has 0 aliphatic heterocycles. The van der Waals surface area contributed by atoms with Crippen LogP contribution in [0.15, 0.2) is 41.3 Å². The Bertz CT molecular complexity index is 740. The first-order valence-corrected chi connectivity index (χ1v) is 7.82. The second-order valence-electron chi connectivity index (χ2n) is 4.14. The zero-order valence-electron chi connectivity index (χ0n) is 10.3. The minimum Gasteiger partial charge on any atom is -0.236 e. The molecule has 0 aliphatic rings. The third-order valence-electron chi connectivity index (χ3n) is 2.95. The number of rotatable bonds is 2. The quantitative estimate of drug-likeness (QED) is 0.637. The lowest BCUT2D eigenvalue weighted by molar-refractivity contribution is 1.47. The maximum atomic E-state index is 4.76. The van der Waals surface area contributed by atoms with E-state index in [-0.39, 0.29) is 0 Å². The summed E-state index contributed by atoms with van der Waals surface area (Å²) in [4.78, 5) is 6.05. The van der Waals surface area contributed by atoms with E-state index in [1.807, 2.05) is 0 Å². The number of allylic oxidation sites excluding steroid dienone is 1. The van der Waals surface area contributed by atoms with Gasteiger partial charge < -0.3 is 0 Å². The van der Waals surface area contributed by atoms with Gasteiger partial charge in [0.25, 0.3) is 0 Å². The largest absolute Gasteiger partial charge is 0.236 e. The number of aromatic nitrogens is 1. The van der Waals surface area contributed by atoms with Gasteiger partial charge in [-0.2, -0.15) is 0 Å². The molecule has 1 nitrogen and oxygen atoms in total. The van der Waals surface area contributed by atoms with Gasteiger partial charge in [-0.3, -0.25) is 0 Å². The smallest absolute Gasteiger partial charge is 0.118 e. The maximum Gasteiger partial charge on any atom is 0.118 e. The summed E-state index contributed by atoms with van der Waals surface area (Å²) in [5, 5.41) is 3.59. The summed E-state index contributed by atoms with van der Waals surface area (Å²) in [6.45, 7) is 2.12. The van der Waals surface area contributed by atoms with Crippen LogP contribution in [0, 0.1) is 0 Å². The first-order chi connectivity index (χ1) is 8.78. The minimum absolute atomic E-state index is 1.09. The molecule has 0 amide bonds. The van der Waals surface area contributed by atoms with Gasteiger partial charge in [0.15, 0.2) is 0 Å². The lowest BCUT2D eigenvalue weighted by Crippen LogP contribution is -1.75. The normalized spacial score (nSPS) is 12.4.